The van der Waals surface area contributed by atoms with Gasteiger partial charge in [-0.3, -0.25) is 14.2 Å². The zero-order valence-corrected chi connectivity index (χ0v) is 16.6. The van der Waals surface area contributed by atoms with E-state index in [4.69, 9.17) is 4.74 Å². The number of ether oxygens (including phenoxy) is 1. The number of aromatic nitrogens is 2. The van der Waals surface area contributed by atoms with Crippen molar-refractivity contribution in [3.63, 3.8) is 0 Å². The second-order valence-electron chi connectivity index (χ2n) is 5.86. The molecule has 142 valence electrons. The van der Waals surface area contributed by atoms with Gasteiger partial charge in [-0.1, -0.05) is 30.0 Å². The molecule has 2 heterocycles. The molecule has 1 aromatic carbocycles. The third kappa shape index (κ3) is 5.18. The number of thiophene rings is 1. The van der Waals surface area contributed by atoms with Crippen LogP contribution in [0, 0.1) is 0 Å². The van der Waals surface area contributed by atoms with Gasteiger partial charge in [0, 0.05) is 25.1 Å². The largest absolute Gasteiger partial charge is 0.385 e. The number of benzene rings is 1. The molecule has 2 aromatic heterocycles. The van der Waals surface area contributed by atoms with Gasteiger partial charge in [-0.05, 0) is 30.0 Å². The monoisotopic (exact) mass is 403 g/mol. The van der Waals surface area contributed by atoms with E-state index in [-0.39, 0.29) is 17.2 Å². The van der Waals surface area contributed by atoms with Crippen molar-refractivity contribution in [2.45, 2.75) is 24.7 Å². The highest BCUT2D eigenvalue weighted by atomic mass is 32.2. The quantitative estimate of drug-likeness (QED) is 0.338. The van der Waals surface area contributed by atoms with E-state index in [0.717, 1.165) is 4.88 Å². The number of hydrogen-bond acceptors (Lipinski definition) is 6. The van der Waals surface area contributed by atoms with E-state index in [1.165, 1.54) is 11.8 Å². The number of nitrogens with zero attached hydrogens (tertiary/aromatic N) is 2. The van der Waals surface area contributed by atoms with E-state index in [1.54, 1.807) is 29.1 Å². The van der Waals surface area contributed by atoms with Crippen LogP contribution in [0.2, 0.25) is 0 Å². The zero-order valence-electron chi connectivity index (χ0n) is 15.0. The maximum absolute atomic E-state index is 12.8. The summed E-state index contributed by atoms with van der Waals surface area (Å²) in [5, 5.41) is 6.02. The average Bonchev–Trinajstić information content (AvgIpc) is 3.20. The summed E-state index contributed by atoms with van der Waals surface area (Å²) in [6.07, 6.45) is 0.703. The average molecular weight is 404 g/mol. The lowest BCUT2D eigenvalue weighted by Crippen LogP contribution is -2.27. The third-order valence-electron chi connectivity index (χ3n) is 3.93. The fourth-order valence-electron chi connectivity index (χ4n) is 2.60. The normalized spacial score (nSPS) is 11.0. The van der Waals surface area contributed by atoms with Crippen LogP contribution in [0.15, 0.2) is 51.7 Å². The molecule has 0 fully saturated rings. The summed E-state index contributed by atoms with van der Waals surface area (Å²) in [6, 6.07) is 11.2. The van der Waals surface area contributed by atoms with Crippen molar-refractivity contribution >= 4 is 39.9 Å². The molecule has 3 rings (SSSR count). The van der Waals surface area contributed by atoms with Crippen LogP contribution in [0.3, 0.4) is 0 Å². The Morgan fingerprint density at radius 1 is 1.30 bits per heavy atom. The van der Waals surface area contributed by atoms with Crippen LogP contribution in [0.5, 0.6) is 0 Å². The molecule has 0 saturated heterocycles. The Morgan fingerprint density at radius 2 is 2.15 bits per heavy atom. The smallest absolute Gasteiger partial charge is 0.262 e. The topological polar surface area (TPSA) is 73.2 Å². The lowest BCUT2D eigenvalue weighted by Gasteiger charge is -2.13. The maximum atomic E-state index is 12.8. The minimum absolute atomic E-state index is 0.0840. The van der Waals surface area contributed by atoms with Crippen molar-refractivity contribution in [1.82, 2.24) is 14.9 Å². The van der Waals surface area contributed by atoms with Gasteiger partial charge in [0.2, 0.25) is 5.91 Å². The van der Waals surface area contributed by atoms with E-state index < -0.39 is 0 Å². The van der Waals surface area contributed by atoms with Gasteiger partial charge in [0.25, 0.3) is 5.56 Å². The van der Waals surface area contributed by atoms with Crippen molar-refractivity contribution in [1.29, 1.82) is 0 Å². The van der Waals surface area contributed by atoms with E-state index in [2.05, 4.69) is 10.3 Å². The van der Waals surface area contributed by atoms with Gasteiger partial charge in [-0.15, -0.1) is 11.3 Å². The summed E-state index contributed by atoms with van der Waals surface area (Å²) in [4.78, 5) is 30.7. The van der Waals surface area contributed by atoms with Gasteiger partial charge in [-0.25, -0.2) is 4.98 Å². The Kier molecular flexibility index (Phi) is 7.03. The third-order valence-corrected chi connectivity index (χ3v) is 5.78. The Labute approximate surface area is 165 Å². The van der Waals surface area contributed by atoms with Crippen molar-refractivity contribution in [3.8, 4) is 0 Å². The summed E-state index contributed by atoms with van der Waals surface area (Å²) < 4.78 is 6.73. The number of nitrogens with one attached hydrogen (secondary N) is 1. The standard InChI is InChI=1S/C19H21N3O3S2/c1-25-10-5-9-22-18(24)15-7-2-3-8-16(15)21-19(22)27-13-17(23)20-12-14-6-4-11-26-14/h2-4,6-8,11H,5,9-10,12-13H2,1H3,(H,20,23). The molecule has 0 atom stereocenters. The number of rotatable bonds is 9. The Bertz CT molecular complexity index is 954. The Balaban J connectivity index is 1.74. The molecule has 3 aromatic rings. The van der Waals surface area contributed by atoms with Gasteiger partial charge in [0.05, 0.1) is 23.2 Å². The first kappa shape index (κ1) is 19.6. The molecule has 0 bridgehead atoms. The number of carbonyl (C=O) groups excluding carboxylic acids is 1. The first-order chi connectivity index (χ1) is 13.2. The molecule has 0 saturated carbocycles. The van der Waals surface area contributed by atoms with Crippen molar-refractivity contribution < 1.29 is 9.53 Å². The highest BCUT2D eigenvalue weighted by Crippen LogP contribution is 2.18. The number of hydrogen-bond donors (Lipinski definition) is 1. The minimum atomic E-state index is -0.0850. The molecule has 1 N–H and O–H groups in total. The van der Waals surface area contributed by atoms with Crippen LogP contribution in [-0.2, 0) is 22.6 Å². The van der Waals surface area contributed by atoms with Gasteiger partial charge < -0.3 is 10.1 Å². The molecule has 8 heteroatoms. The molecule has 6 nitrogen and oxygen atoms in total. The second-order valence-corrected chi connectivity index (χ2v) is 7.83. The van der Waals surface area contributed by atoms with E-state index in [9.17, 15) is 9.59 Å². The number of para-hydroxylation sites is 1. The summed E-state index contributed by atoms with van der Waals surface area (Å²) in [5.74, 6) is 0.125. The molecule has 1 amide bonds. The van der Waals surface area contributed by atoms with E-state index in [1.807, 2.05) is 35.7 Å². The summed E-state index contributed by atoms with van der Waals surface area (Å²) in [5.41, 5.74) is 0.560. The minimum Gasteiger partial charge on any atom is -0.385 e. The van der Waals surface area contributed by atoms with E-state index >= 15 is 0 Å². The van der Waals surface area contributed by atoms with Crippen LogP contribution in [0.25, 0.3) is 10.9 Å². The molecule has 0 aliphatic heterocycles. The van der Waals surface area contributed by atoms with Crippen LogP contribution in [0.4, 0.5) is 0 Å². The summed E-state index contributed by atoms with van der Waals surface area (Å²) in [7, 11) is 1.63. The fourth-order valence-corrected chi connectivity index (χ4v) is 4.10. The molecule has 0 unspecified atom stereocenters. The zero-order chi connectivity index (χ0) is 19.1. The van der Waals surface area contributed by atoms with Crippen LogP contribution in [-0.4, -0.2) is 34.9 Å². The van der Waals surface area contributed by atoms with Crippen LogP contribution < -0.4 is 10.9 Å². The van der Waals surface area contributed by atoms with Gasteiger partial charge in [0.1, 0.15) is 0 Å². The summed E-state index contributed by atoms with van der Waals surface area (Å²) >= 11 is 2.89. The van der Waals surface area contributed by atoms with Crippen molar-refractivity contribution in [2.75, 3.05) is 19.5 Å². The molecule has 0 radical (unpaired) electrons. The maximum Gasteiger partial charge on any atom is 0.262 e. The van der Waals surface area contributed by atoms with Crippen molar-refractivity contribution in [3.05, 3.63) is 57.0 Å². The molecule has 0 aliphatic rings. The van der Waals surface area contributed by atoms with Gasteiger partial charge >= 0.3 is 0 Å². The molecular weight excluding hydrogens is 382 g/mol. The highest BCUT2D eigenvalue weighted by Gasteiger charge is 2.13. The molecular formula is C19H21N3O3S2. The summed E-state index contributed by atoms with van der Waals surface area (Å²) in [6.45, 7) is 1.58. The SMILES string of the molecule is COCCCn1c(SCC(=O)NCc2cccs2)nc2ccccc2c1=O. The predicted molar refractivity (Wildman–Crippen MR) is 109 cm³/mol. The number of thioether (sulfide) groups is 1. The number of carbonyl (C=O) groups is 1. The predicted octanol–water partition coefficient (Wildman–Crippen LogP) is 2.90. The fraction of sp³-hybridized carbons (Fsp3) is 0.316. The van der Waals surface area contributed by atoms with Crippen molar-refractivity contribution in [2.24, 2.45) is 0 Å². The van der Waals surface area contributed by atoms with Crippen LogP contribution >= 0.6 is 23.1 Å². The van der Waals surface area contributed by atoms with Gasteiger partial charge in [0.15, 0.2) is 5.16 Å². The Morgan fingerprint density at radius 3 is 2.93 bits per heavy atom. The number of amides is 1. The molecule has 27 heavy (non-hydrogen) atoms. The lowest BCUT2D eigenvalue weighted by atomic mass is 10.2. The second kappa shape index (κ2) is 9.68. The van der Waals surface area contributed by atoms with E-state index in [0.29, 0.717) is 42.2 Å². The molecule has 0 aliphatic carbocycles. The number of fused-ring (bicyclic) bond motifs is 1. The molecule has 0 spiro atoms. The van der Waals surface area contributed by atoms with Crippen LogP contribution in [0.1, 0.15) is 11.3 Å². The first-order valence-electron chi connectivity index (χ1n) is 8.59. The van der Waals surface area contributed by atoms with Gasteiger partial charge in [-0.2, -0.15) is 0 Å². The highest BCUT2D eigenvalue weighted by molar-refractivity contribution is 7.99. The number of methoxy groups -OCH3 is 1. The lowest BCUT2D eigenvalue weighted by molar-refractivity contribution is -0.118. The Hall–Kier alpha value is -2.16. The first-order valence-corrected chi connectivity index (χ1v) is 10.5.